The van der Waals surface area contributed by atoms with Gasteiger partial charge in [-0.05, 0) is 55.4 Å². The molecular weight excluding hydrogens is 619 g/mol. The summed E-state index contributed by atoms with van der Waals surface area (Å²) in [4.78, 5) is 3.19. The molecule has 1 aromatic heterocycles. The van der Waals surface area contributed by atoms with Crippen LogP contribution in [0.15, 0.2) is 66.2 Å². The molecule has 0 amide bonds. The summed E-state index contributed by atoms with van der Waals surface area (Å²) in [6, 6.07) is 23.0. The second-order valence-electron chi connectivity index (χ2n) is 11.6. The van der Waals surface area contributed by atoms with E-state index in [0.717, 1.165) is 11.5 Å². The number of rotatable bonds is 2. The molecule has 2 aliphatic carbocycles. The molecule has 3 heterocycles. The monoisotopic (exact) mass is 653 g/mol. The molecule has 0 N–H and O–H groups in total. The minimum atomic E-state index is -0.995. The fourth-order valence-corrected chi connectivity index (χ4v) is 13.7. The molecule has 1 radical (unpaired) electrons. The Balaban J connectivity index is 0.000000216. The third-order valence-corrected chi connectivity index (χ3v) is 14.2. The van der Waals surface area contributed by atoms with Gasteiger partial charge in [-0.3, -0.25) is 0 Å². The second-order valence-corrected chi connectivity index (χ2v) is 17.5. The second kappa shape index (κ2) is 12.4. The minimum Gasteiger partial charge on any atom is -1.00 e. The van der Waals surface area contributed by atoms with E-state index in [1.54, 1.807) is 21.2 Å². The molecule has 8 rings (SSSR count). The van der Waals surface area contributed by atoms with Crippen molar-refractivity contribution in [3.8, 4) is 11.1 Å². The molecule has 1 fully saturated rings. The molecule has 2 bridgehead atoms. The van der Waals surface area contributed by atoms with E-state index in [2.05, 4.69) is 94.5 Å². The van der Waals surface area contributed by atoms with Crippen LogP contribution >= 0.6 is 11.3 Å². The third-order valence-electron chi connectivity index (χ3n) is 8.80. The first kappa shape index (κ1) is 31.7. The first-order valence-electron chi connectivity index (χ1n) is 13.4. The molecule has 4 aromatic rings. The van der Waals surface area contributed by atoms with Crippen LogP contribution in [0.5, 0.6) is 0 Å². The number of thiophene rings is 1. The Kier molecular flexibility index (Phi) is 10.3. The molecule has 5 heteroatoms. The predicted octanol–water partition coefficient (Wildman–Crippen LogP) is 4.31. The van der Waals surface area contributed by atoms with Crippen molar-refractivity contribution in [3.63, 3.8) is 0 Å². The Bertz CT molecular complexity index is 1440. The van der Waals surface area contributed by atoms with Gasteiger partial charge in [0.1, 0.15) is 0 Å². The zero-order valence-corrected chi connectivity index (χ0v) is 28.9. The first-order valence-corrected chi connectivity index (χ1v) is 17.3. The number of benzene rings is 2. The Morgan fingerprint density at radius 3 is 2.16 bits per heavy atom. The third kappa shape index (κ3) is 5.40. The molecule has 3 aromatic carbocycles. The van der Waals surface area contributed by atoms with Crippen molar-refractivity contribution < 1.29 is 51.0 Å². The first-order chi connectivity index (χ1) is 16.8. The van der Waals surface area contributed by atoms with Crippen molar-refractivity contribution in [2.24, 2.45) is 0 Å². The van der Waals surface area contributed by atoms with Crippen molar-refractivity contribution in [2.45, 2.75) is 77.4 Å². The van der Waals surface area contributed by atoms with Crippen LogP contribution in [-0.2, 0) is 26.2 Å². The van der Waals surface area contributed by atoms with Gasteiger partial charge in [-0.2, -0.15) is 6.07 Å². The molecule has 0 spiro atoms. The number of halogens is 2. The van der Waals surface area contributed by atoms with Crippen molar-refractivity contribution in [2.75, 3.05) is 0 Å². The molecule has 4 aliphatic rings. The molecule has 2 aliphatic heterocycles. The molecule has 1 atom stereocenters. The van der Waals surface area contributed by atoms with Crippen LogP contribution in [0.2, 0.25) is 13.1 Å². The van der Waals surface area contributed by atoms with Gasteiger partial charge in [-0.25, -0.2) is 0 Å². The van der Waals surface area contributed by atoms with Gasteiger partial charge in [0.25, 0.3) is 0 Å². The summed E-state index contributed by atoms with van der Waals surface area (Å²) < 4.78 is 0. The number of allylic oxidation sites excluding steroid dienone is 1. The number of hydrogen-bond donors (Lipinski definition) is 0. The fourth-order valence-electron chi connectivity index (χ4n) is 7.29. The van der Waals surface area contributed by atoms with E-state index < -0.39 is 8.07 Å². The summed E-state index contributed by atoms with van der Waals surface area (Å²) in [6.07, 6.45) is 6.97. The maximum atomic E-state index is 2.52. The average Bonchev–Trinajstić information content (AvgIpc) is 3.53. The molecular formula is C33H37Cl2SSiZr. The van der Waals surface area contributed by atoms with Gasteiger partial charge in [0.15, 0.2) is 0 Å². The van der Waals surface area contributed by atoms with Gasteiger partial charge in [0.2, 0.25) is 0 Å². The topological polar surface area (TPSA) is 0 Å². The van der Waals surface area contributed by atoms with Gasteiger partial charge in [-0.1, -0.05) is 85.9 Å². The zero-order valence-electron chi connectivity index (χ0n) is 23.1. The average molecular weight is 656 g/mol. The van der Waals surface area contributed by atoms with Gasteiger partial charge >= 0.3 is 26.2 Å². The molecule has 197 valence electrons. The smallest absolute Gasteiger partial charge is 1.00 e. The quantitative estimate of drug-likeness (QED) is 0.223. The molecule has 1 saturated carbocycles. The number of aryl methyl sites for hydroxylation is 2. The fraction of sp³-hybridized carbons (Fsp3) is 0.364. The van der Waals surface area contributed by atoms with Crippen molar-refractivity contribution in [1.29, 1.82) is 0 Å². The van der Waals surface area contributed by atoms with E-state index in [0.29, 0.717) is 0 Å². The van der Waals surface area contributed by atoms with Crippen molar-refractivity contribution in [3.05, 3.63) is 92.7 Å². The summed E-state index contributed by atoms with van der Waals surface area (Å²) in [7, 11) is -0.995. The SMILES string of the molecule is CC1=C2c3cc(C)sc3C1[Si]2(C)C.Cc1cc2c(-c3ccc(C4CCCCC4)cc3)cccc2[cH-]1.[Cl-].[Cl-].[Zr+3]. The Labute approximate surface area is 265 Å². The summed E-state index contributed by atoms with van der Waals surface area (Å²) >= 11 is 2.03. The number of fused-ring (bicyclic) bond motifs is 1. The van der Waals surface area contributed by atoms with Crippen LogP contribution in [0.3, 0.4) is 0 Å². The predicted molar refractivity (Wildman–Crippen MR) is 157 cm³/mol. The van der Waals surface area contributed by atoms with Crippen LogP contribution in [-0.4, -0.2) is 8.07 Å². The van der Waals surface area contributed by atoms with Crippen molar-refractivity contribution >= 4 is 35.4 Å². The number of hydrogen-bond acceptors (Lipinski definition) is 1. The summed E-state index contributed by atoms with van der Waals surface area (Å²) in [5, 5.41) is 4.51. The molecule has 38 heavy (non-hydrogen) atoms. The van der Waals surface area contributed by atoms with Crippen molar-refractivity contribution in [1.82, 2.24) is 0 Å². The molecule has 0 saturated heterocycles. The zero-order chi connectivity index (χ0) is 24.3. The van der Waals surface area contributed by atoms with Gasteiger partial charge < -0.3 is 24.8 Å². The minimum absolute atomic E-state index is 0. The van der Waals surface area contributed by atoms with Crippen LogP contribution in [0.1, 0.15) is 76.9 Å². The van der Waals surface area contributed by atoms with Gasteiger partial charge in [0.05, 0.1) is 8.07 Å². The molecule has 0 nitrogen and oxygen atoms in total. The largest absolute Gasteiger partial charge is 3.00 e. The van der Waals surface area contributed by atoms with Crippen LogP contribution in [0.25, 0.3) is 27.1 Å². The summed E-state index contributed by atoms with van der Waals surface area (Å²) in [5.41, 5.74) is 9.79. The van der Waals surface area contributed by atoms with Crippen LogP contribution in [0.4, 0.5) is 0 Å². The Hall–Kier alpha value is -0.830. The Morgan fingerprint density at radius 2 is 1.53 bits per heavy atom. The van der Waals surface area contributed by atoms with E-state index in [9.17, 15) is 0 Å². The Morgan fingerprint density at radius 1 is 0.842 bits per heavy atom. The normalized spacial score (nSPS) is 18.8. The standard InChI is InChI=1S/C22H23.C11H14SSi.2ClH.Zr/c1-16-14-20-8-5-9-21(22(20)15-16)19-12-10-18(11-13-19)17-6-3-2-4-7-17;1-6-5-8-9(12-6)11-7(2)10(8)13(11,3)4;;;/h5,8-15,17H,2-4,6-7H2,1H3;5,11H,1-4H3;2*1H;/q-1;;;;+3/p-2. The molecule has 1 unspecified atom stereocenters. The van der Waals surface area contributed by atoms with E-state index in [4.69, 9.17) is 0 Å². The summed E-state index contributed by atoms with van der Waals surface area (Å²) in [6.45, 7) is 11.8. The van der Waals surface area contributed by atoms with E-state index in [1.165, 1.54) is 70.0 Å². The van der Waals surface area contributed by atoms with E-state index in [1.807, 2.05) is 11.3 Å². The van der Waals surface area contributed by atoms with Crippen LogP contribution < -0.4 is 24.8 Å². The van der Waals surface area contributed by atoms with E-state index in [-0.39, 0.29) is 51.0 Å². The maximum absolute atomic E-state index is 2.52. The van der Waals surface area contributed by atoms with Crippen LogP contribution in [0, 0.1) is 13.8 Å². The van der Waals surface area contributed by atoms with Gasteiger partial charge in [-0.15, -0.1) is 45.9 Å². The van der Waals surface area contributed by atoms with E-state index >= 15 is 0 Å². The maximum Gasteiger partial charge on any atom is 3.00 e. The summed E-state index contributed by atoms with van der Waals surface area (Å²) in [5.74, 6) is 0.791. The van der Waals surface area contributed by atoms with Gasteiger partial charge in [0, 0.05) is 15.3 Å².